The Morgan fingerprint density at radius 2 is 1.92 bits per heavy atom. The Kier molecular flexibility index (Phi) is 4.51. The van der Waals surface area contributed by atoms with Crippen molar-refractivity contribution in [1.29, 1.82) is 0 Å². The molecule has 2 aliphatic rings. The summed E-state index contributed by atoms with van der Waals surface area (Å²) in [6.07, 6.45) is -0.305. The molecule has 2 saturated heterocycles. The summed E-state index contributed by atoms with van der Waals surface area (Å²) < 4.78 is 5.96. The van der Waals surface area contributed by atoms with E-state index in [1.165, 1.54) is 4.90 Å². The first-order chi connectivity index (χ1) is 11.8. The molecule has 1 N–H and O–H groups in total. The van der Waals surface area contributed by atoms with Gasteiger partial charge in [0.15, 0.2) is 0 Å². The van der Waals surface area contributed by atoms with Crippen molar-refractivity contribution in [2.24, 2.45) is 0 Å². The molecular formula is C18H23N3O4. The van der Waals surface area contributed by atoms with Gasteiger partial charge in [-0.3, -0.25) is 14.9 Å². The lowest BCUT2D eigenvalue weighted by atomic mass is 10.0. The van der Waals surface area contributed by atoms with Crippen molar-refractivity contribution in [1.82, 2.24) is 15.1 Å². The monoisotopic (exact) mass is 345 g/mol. The number of hydrogen-bond donors (Lipinski definition) is 1. The molecular weight excluding hydrogens is 322 g/mol. The quantitative estimate of drug-likeness (QED) is 0.838. The van der Waals surface area contributed by atoms with Crippen molar-refractivity contribution < 1.29 is 19.1 Å². The number of carbonyl (C=O) groups is 3. The highest BCUT2D eigenvalue weighted by molar-refractivity contribution is 6.07. The second-order valence-corrected chi connectivity index (χ2v) is 7.05. The number of benzene rings is 1. The van der Waals surface area contributed by atoms with E-state index in [0.717, 1.165) is 5.56 Å². The van der Waals surface area contributed by atoms with Crippen molar-refractivity contribution in [2.45, 2.75) is 38.5 Å². The minimum absolute atomic E-state index is 0.107. The summed E-state index contributed by atoms with van der Waals surface area (Å²) in [6, 6.07) is 9.23. The second-order valence-electron chi connectivity index (χ2n) is 7.05. The van der Waals surface area contributed by atoms with E-state index in [1.807, 2.05) is 37.3 Å². The van der Waals surface area contributed by atoms with E-state index in [4.69, 9.17) is 4.74 Å². The average molecular weight is 345 g/mol. The molecule has 7 heteroatoms. The van der Waals surface area contributed by atoms with Gasteiger partial charge in [-0.2, -0.15) is 0 Å². The third-order valence-electron chi connectivity index (χ3n) is 4.77. The first kappa shape index (κ1) is 17.4. The lowest BCUT2D eigenvalue weighted by Gasteiger charge is -2.38. The molecule has 0 spiro atoms. The van der Waals surface area contributed by atoms with Crippen LogP contribution in [-0.4, -0.2) is 58.9 Å². The molecule has 25 heavy (non-hydrogen) atoms. The molecule has 134 valence electrons. The van der Waals surface area contributed by atoms with Gasteiger partial charge in [0.05, 0.1) is 12.6 Å². The lowest BCUT2D eigenvalue weighted by Crippen LogP contribution is -2.53. The molecule has 0 saturated carbocycles. The number of hydrogen-bond acceptors (Lipinski definition) is 4. The minimum atomic E-state index is -1.02. The topological polar surface area (TPSA) is 79.0 Å². The Morgan fingerprint density at radius 3 is 2.52 bits per heavy atom. The molecule has 2 unspecified atom stereocenters. The summed E-state index contributed by atoms with van der Waals surface area (Å²) in [5, 5.41) is 2.26. The smallest absolute Gasteiger partial charge is 0.325 e. The first-order valence-corrected chi connectivity index (χ1v) is 8.40. The van der Waals surface area contributed by atoms with Crippen LogP contribution in [0.2, 0.25) is 0 Å². The number of amides is 4. The van der Waals surface area contributed by atoms with Crippen molar-refractivity contribution >= 4 is 17.8 Å². The number of nitrogens with zero attached hydrogens (tertiary/aromatic N) is 2. The van der Waals surface area contributed by atoms with Gasteiger partial charge in [0, 0.05) is 6.54 Å². The fourth-order valence-corrected chi connectivity index (χ4v) is 3.21. The number of imide groups is 1. The molecule has 1 aromatic rings. The largest absolute Gasteiger partial charge is 0.367 e. The SMILES string of the molecule is CC1CN(C(=O)CN2C(=O)NC(=O)C2(C)C)CC(c2ccccc2)O1. The van der Waals surface area contributed by atoms with Gasteiger partial charge in [0.1, 0.15) is 18.2 Å². The molecule has 2 heterocycles. The highest BCUT2D eigenvalue weighted by atomic mass is 16.5. The Bertz CT molecular complexity index is 689. The van der Waals surface area contributed by atoms with E-state index < -0.39 is 11.6 Å². The van der Waals surface area contributed by atoms with Crippen molar-refractivity contribution in [3.05, 3.63) is 35.9 Å². The van der Waals surface area contributed by atoms with Gasteiger partial charge in [-0.25, -0.2) is 4.79 Å². The van der Waals surface area contributed by atoms with Gasteiger partial charge in [-0.05, 0) is 26.3 Å². The minimum Gasteiger partial charge on any atom is -0.367 e. The van der Waals surface area contributed by atoms with Crippen LogP contribution in [0, 0.1) is 0 Å². The van der Waals surface area contributed by atoms with E-state index >= 15 is 0 Å². The molecule has 3 rings (SSSR count). The van der Waals surface area contributed by atoms with Gasteiger partial charge in [0.2, 0.25) is 5.91 Å². The fourth-order valence-electron chi connectivity index (χ4n) is 3.21. The summed E-state index contributed by atoms with van der Waals surface area (Å²) in [6.45, 7) is 5.96. The highest BCUT2D eigenvalue weighted by Crippen LogP contribution is 2.26. The number of carbonyl (C=O) groups excluding carboxylic acids is 3. The van der Waals surface area contributed by atoms with Crippen molar-refractivity contribution in [3.63, 3.8) is 0 Å². The van der Waals surface area contributed by atoms with Crippen LogP contribution in [0.1, 0.15) is 32.4 Å². The predicted octanol–water partition coefficient (Wildman–Crippen LogP) is 1.31. The zero-order valence-electron chi connectivity index (χ0n) is 14.7. The molecule has 0 aliphatic carbocycles. The number of rotatable bonds is 3. The second kappa shape index (κ2) is 6.48. The normalized spacial score (nSPS) is 25.9. The van der Waals surface area contributed by atoms with Crippen LogP contribution in [-0.2, 0) is 14.3 Å². The maximum atomic E-state index is 12.8. The van der Waals surface area contributed by atoms with Gasteiger partial charge in [-0.15, -0.1) is 0 Å². The van der Waals surface area contributed by atoms with Gasteiger partial charge in [0.25, 0.3) is 5.91 Å². The molecule has 2 aliphatic heterocycles. The van der Waals surface area contributed by atoms with Crippen molar-refractivity contribution in [2.75, 3.05) is 19.6 Å². The summed E-state index contributed by atoms with van der Waals surface area (Å²) in [5.41, 5.74) is -0.00926. The van der Waals surface area contributed by atoms with Gasteiger partial charge in [-0.1, -0.05) is 30.3 Å². The van der Waals surface area contributed by atoms with Crippen LogP contribution in [0.4, 0.5) is 4.79 Å². The molecule has 1 aromatic carbocycles. The maximum absolute atomic E-state index is 12.8. The lowest BCUT2D eigenvalue weighted by molar-refractivity contribution is -0.146. The highest BCUT2D eigenvalue weighted by Gasteiger charge is 2.46. The average Bonchev–Trinajstić information content (AvgIpc) is 2.77. The number of ether oxygens (including phenoxy) is 1. The zero-order valence-corrected chi connectivity index (χ0v) is 14.7. The number of urea groups is 1. The Balaban J connectivity index is 1.71. The standard InChI is InChI=1S/C18H23N3O4/c1-12-9-20(10-14(25-12)13-7-5-4-6-8-13)15(22)11-21-17(24)19-16(23)18(21,2)3/h4-8,12,14H,9-11H2,1-3H3,(H,19,23,24). The summed E-state index contributed by atoms with van der Waals surface area (Å²) in [4.78, 5) is 39.6. The fraction of sp³-hybridized carbons (Fsp3) is 0.500. The predicted molar refractivity (Wildman–Crippen MR) is 90.6 cm³/mol. The molecule has 0 bridgehead atoms. The maximum Gasteiger partial charge on any atom is 0.325 e. The Labute approximate surface area is 146 Å². The zero-order chi connectivity index (χ0) is 18.2. The molecule has 0 radical (unpaired) electrons. The van der Waals surface area contributed by atoms with E-state index in [0.29, 0.717) is 13.1 Å². The third-order valence-corrected chi connectivity index (χ3v) is 4.77. The molecule has 7 nitrogen and oxygen atoms in total. The third kappa shape index (κ3) is 3.37. The molecule has 2 atom stereocenters. The summed E-state index contributed by atoms with van der Waals surface area (Å²) in [5.74, 6) is -0.572. The van der Waals surface area contributed by atoms with Gasteiger partial charge >= 0.3 is 6.03 Å². The van der Waals surface area contributed by atoms with E-state index in [-0.39, 0.29) is 30.6 Å². The molecule has 0 aromatic heterocycles. The van der Waals surface area contributed by atoms with Crippen LogP contribution < -0.4 is 5.32 Å². The van der Waals surface area contributed by atoms with Crippen molar-refractivity contribution in [3.8, 4) is 0 Å². The van der Waals surface area contributed by atoms with Crippen LogP contribution in [0.5, 0.6) is 0 Å². The summed E-state index contributed by atoms with van der Waals surface area (Å²) in [7, 11) is 0. The van der Waals surface area contributed by atoms with Crippen LogP contribution in [0.15, 0.2) is 30.3 Å². The summed E-state index contributed by atoms with van der Waals surface area (Å²) >= 11 is 0. The molecule has 4 amide bonds. The van der Waals surface area contributed by atoms with E-state index in [1.54, 1.807) is 18.7 Å². The van der Waals surface area contributed by atoms with Crippen LogP contribution in [0.25, 0.3) is 0 Å². The Hall–Kier alpha value is -2.41. The van der Waals surface area contributed by atoms with Crippen LogP contribution in [0.3, 0.4) is 0 Å². The number of morpholine rings is 1. The Morgan fingerprint density at radius 1 is 1.24 bits per heavy atom. The number of nitrogens with one attached hydrogen (secondary N) is 1. The van der Waals surface area contributed by atoms with E-state index in [9.17, 15) is 14.4 Å². The van der Waals surface area contributed by atoms with E-state index in [2.05, 4.69) is 5.32 Å². The first-order valence-electron chi connectivity index (χ1n) is 8.40. The van der Waals surface area contributed by atoms with Crippen LogP contribution >= 0.6 is 0 Å². The van der Waals surface area contributed by atoms with Gasteiger partial charge < -0.3 is 14.5 Å². The molecule has 2 fully saturated rings.